The minimum Gasteiger partial charge on any atom is -0.478 e. The quantitative estimate of drug-likeness (QED) is 0.811. The number of carbonyl (C=O) groups is 2. The van der Waals surface area contributed by atoms with Crippen molar-refractivity contribution in [2.75, 3.05) is 5.32 Å². The first kappa shape index (κ1) is 12.9. The van der Waals surface area contributed by atoms with Crippen LogP contribution in [0.15, 0.2) is 48.5 Å². The monoisotopic (exact) mass is 251 g/mol. The molecule has 1 amide bonds. The second-order valence-corrected chi connectivity index (χ2v) is 3.93. The average molecular weight is 251 g/mol. The Hall–Kier alpha value is -2.56. The van der Waals surface area contributed by atoms with Gasteiger partial charge in [0.1, 0.15) is 7.85 Å². The molecule has 0 fully saturated rings. The molecule has 0 saturated heterocycles. The van der Waals surface area contributed by atoms with Gasteiger partial charge in [0.25, 0.3) is 5.91 Å². The lowest BCUT2D eigenvalue weighted by molar-refractivity contribution is 0.0698. The maximum absolute atomic E-state index is 12.0. The number of hydrogen-bond acceptors (Lipinski definition) is 2. The molecule has 2 N–H and O–H groups in total. The van der Waals surface area contributed by atoms with Crippen LogP contribution in [-0.4, -0.2) is 24.8 Å². The molecular weight excluding hydrogens is 241 g/mol. The van der Waals surface area contributed by atoms with Gasteiger partial charge in [0.2, 0.25) is 0 Å². The molecule has 2 aromatic rings. The van der Waals surface area contributed by atoms with E-state index in [4.69, 9.17) is 13.0 Å². The fourth-order valence-electron chi connectivity index (χ4n) is 1.64. The van der Waals surface area contributed by atoms with E-state index in [-0.39, 0.29) is 17.2 Å². The van der Waals surface area contributed by atoms with Crippen LogP contribution in [0.2, 0.25) is 0 Å². The highest BCUT2D eigenvalue weighted by atomic mass is 16.4. The number of rotatable bonds is 3. The smallest absolute Gasteiger partial charge is 0.337 e. The van der Waals surface area contributed by atoms with E-state index in [9.17, 15) is 9.59 Å². The maximum Gasteiger partial charge on any atom is 0.337 e. The van der Waals surface area contributed by atoms with Crippen LogP contribution in [0.1, 0.15) is 20.7 Å². The molecule has 0 bridgehead atoms. The van der Waals surface area contributed by atoms with Gasteiger partial charge in [0.05, 0.1) is 11.3 Å². The van der Waals surface area contributed by atoms with Crippen molar-refractivity contribution >= 4 is 30.9 Å². The highest BCUT2D eigenvalue weighted by molar-refractivity contribution is 6.33. The van der Waals surface area contributed by atoms with Gasteiger partial charge in [-0.1, -0.05) is 29.7 Å². The Morgan fingerprint density at radius 1 is 1.05 bits per heavy atom. The molecule has 4 nitrogen and oxygen atoms in total. The molecule has 2 rings (SSSR count). The van der Waals surface area contributed by atoms with Gasteiger partial charge in [-0.2, -0.15) is 0 Å². The molecule has 92 valence electrons. The molecule has 0 heterocycles. The number of carbonyl (C=O) groups excluding carboxylic acids is 1. The van der Waals surface area contributed by atoms with Crippen molar-refractivity contribution in [3.63, 3.8) is 0 Å². The van der Waals surface area contributed by atoms with Gasteiger partial charge in [-0.25, -0.2) is 4.79 Å². The van der Waals surface area contributed by atoms with Crippen LogP contribution in [0.3, 0.4) is 0 Å². The first-order valence-electron chi connectivity index (χ1n) is 5.57. The average Bonchev–Trinajstić information content (AvgIpc) is 2.39. The Morgan fingerprint density at radius 3 is 2.37 bits per heavy atom. The summed E-state index contributed by atoms with van der Waals surface area (Å²) in [7, 11) is 5.60. The van der Waals surface area contributed by atoms with Crippen LogP contribution < -0.4 is 10.8 Å². The highest BCUT2D eigenvalue weighted by Crippen LogP contribution is 2.15. The van der Waals surface area contributed by atoms with Crippen molar-refractivity contribution in [3.05, 3.63) is 59.7 Å². The molecule has 5 heteroatoms. The number of benzene rings is 2. The van der Waals surface area contributed by atoms with Crippen LogP contribution in [0.5, 0.6) is 0 Å². The van der Waals surface area contributed by atoms with E-state index in [1.807, 2.05) is 0 Å². The van der Waals surface area contributed by atoms with E-state index in [2.05, 4.69) is 5.32 Å². The predicted octanol–water partition coefficient (Wildman–Crippen LogP) is 1.43. The summed E-state index contributed by atoms with van der Waals surface area (Å²) in [6, 6.07) is 12.8. The molecule has 0 spiro atoms. The first-order chi connectivity index (χ1) is 9.08. The van der Waals surface area contributed by atoms with Gasteiger partial charge in [0.15, 0.2) is 0 Å². The second kappa shape index (κ2) is 5.39. The van der Waals surface area contributed by atoms with Gasteiger partial charge in [-0.3, -0.25) is 4.79 Å². The van der Waals surface area contributed by atoms with Crippen LogP contribution in [0.25, 0.3) is 0 Å². The summed E-state index contributed by atoms with van der Waals surface area (Å²) in [4.78, 5) is 23.0. The Morgan fingerprint density at radius 2 is 1.74 bits per heavy atom. The maximum atomic E-state index is 12.0. The summed E-state index contributed by atoms with van der Waals surface area (Å²) >= 11 is 0. The van der Waals surface area contributed by atoms with Gasteiger partial charge in [-0.05, 0) is 24.3 Å². The van der Waals surface area contributed by atoms with E-state index >= 15 is 0 Å². The third-order valence-electron chi connectivity index (χ3n) is 2.56. The van der Waals surface area contributed by atoms with E-state index in [0.717, 1.165) is 0 Å². The fraction of sp³-hybridized carbons (Fsp3) is 0. The molecule has 0 unspecified atom stereocenters. The molecule has 0 atom stereocenters. The topological polar surface area (TPSA) is 66.4 Å². The molecule has 0 aliphatic carbocycles. The number of amides is 1. The van der Waals surface area contributed by atoms with Crippen molar-refractivity contribution in [3.8, 4) is 0 Å². The van der Waals surface area contributed by atoms with E-state index in [1.165, 1.54) is 18.2 Å². The minimum absolute atomic E-state index is 0.00141. The summed E-state index contributed by atoms with van der Waals surface area (Å²) in [5, 5.41) is 11.6. The largest absolute Gasteiger partial charge is 0.478 e. The standard InChI is InChI=1S/C14H10BNO3/c15-10-6-7-11(14(18)19)12(8-10)16-13(17)9-4-2-1-3-5-9/h1-8H,(H,16,17)(H,18,19). The zero-order valence-electron chi connectivity index (χ0n) is 9.96. The number of carboxylic acids is 1. The number of nitrogens with one attached hydrogen (secondary N) is 1. The molecular formula is C14H10BNO3. The minimum atomic E-state index is -1.12. The predicted molar refractivity (Wildman–Crippen MR) is 73.2 cm³/mol. The lowest BCUT2D eigenvalue weighted by atomic mass is 9.94. The van der Waals surface area contributed by atoms with Crippen LogP contribution in [0, 0.1) is 0 Å². The molecule has 0 saturated carbocycles. The zero-order chi connectivity index (χ0) is 13.8. The van der Waals surface area contributed by atoms with Crippen molar-refractivity contribution < 1.29 is 14.7 Å². The lowest BCUT2D eigenvalue weighted by Gasteiger charge is -2.09. The fourth-order valence-corrected chi connectivity index (χ4v) is 1.64. The van der Waals surface area contributed by atoms with Crippen molar-refractivity contribution in [1.82, 2.24) is 0 Å². The summed E-state index contributed by atoms with van der Waals surface area (Å²) in [5.74, 6) is -1.50. The summed E-state index contributed by atoms with van der Waals surface area (Å²) < 4.78 is 0. The molecule has 19 heavy (non-hydrogen) atoms. The number of carboxylic acid groups (broad SMARTS) is 1. The third kappa shape index (κ3) is 3.01. The van der Waals surface area contributed by atoms with Crippen molar-refractivity contribution in [2.24, 2.45) is 0 Å². The Labute approximate surface area is 111 Å². The van der Waals surface area contributed by atoms with Gasteiger partial charge >= 0.3 is 5.97 Å². The van der Waals surface area contributed by atoms with Gasteiger partial charge in [-0.15, -0.1) is 0 Å². The number of hydrogen-bond donors (Lipinski definition) is 2. The molecule has 2 radical (unpaired) electrons. The van der Waals surface area contributed by atoms with Crippen molar-refractivity contribution in [1.29, 1.82) is 0 Å². The summed E-state index contributed by atoms with van der Waals surface area (Å²) in [6.45, 7) is 0. The number of anilines is 1. The first-order valence-corrected chi connectivity index (χ1v) is 5.57. The summed E-state index contributed by atoms with van der Waals surface area (Å²) in [5.41, 5.74) is 1.01. The lowest BCUT2D eigenvalue weighted by Crippen LogP contribution is -2.17. The van der Waals surface area contributed by atoms with Crippen LogP contribution in [0.4, 0.5) is 5.69 Å². The Bertz CT molecular complexity index is 626. The molecule has 2 aromatic carbocycles. The molecule has 0 aliphatic rings. The number of aromatic carboxylic acids is 1. The molecule has 0 aromatic heterocycles. The van der Waals surface area contributed by atoms with Crippen LogP contribution in [-0.2, 0) is 0 Å². The normalized spacial score (nSPS) is 9.89. The van der Waals surface area contributed by atoms with Crippen LogP contribution >= 0.6 is 0 Å². The van der Waals surface area contributed by atoms with E-state index in [0.29, 0.717) is 11.0 Å². The van der Waals surface area contributed by atoms with Gasteiger partial charge < -0.3 is 10.4 Å². The third-order valence-corrected chi connectivity index (χ3v) is 2.56. The Kier molecular flexibility index (Phi) is 3.66. The van der Waals surface area contributed by atoms with Gasteiger partial charge in [0, 0.05) is 5.56 Å². The Balaban J connectivity index is 2.31. The van der Waals surface area contributed by atoms with E-state index < -0.39 is 5.97 Å². The second-order valence-electron chi connectivity index (χ2n) is 3.93. The molecule has 0 aliphatic heterocycles. The zero-order valence-corrected chi connectivity index (χ0v) is 9.96. The van der Waals surface area contributed by atoms with E-state index in [1.54, 1.807) is 30.3 Å². The highest BCUT2D eigenvalue weighted by Gasteiger charge is 2.13. The van der Waals surface area contributed by atoms with Crippen molar-refractivity contribution in [2.45, 2.75) is 0 Å². The SMILES string of the molecule is [B]c1ccc(C(=O)O)c(NC(=O)c2ccccc2)c1. The summed E-state index contributed by atoms with van der Waals surface area (Å²) in [6.07, 6.45) is 0.